The van der Waals surface area contributed by atoms with Crippen LogP contribution >= 0.6 is 11.6 Å². The van der Waals surface area contributed by atoms with E-state index in [-0.39, 0.29) is 0 Å². The van der Waals surface area contributed by atoms with Crippen molar-refractivity contribution in [2.75, 3.05) is 73.4 Å². The summed E-state index contributed by atoms with van der Waals surface area (Å²) in [7, 11) is 6.07. The number of anilines is 5. The summed E-state index contributed by atoms with van der Waals surface area (Å²) < 4.78 is 2.09. The molecule has 7 rings (SSSR count). The summed E-state index contributed by atoms with van der Waals surface area (Å²) in [5.74, 6) is 2.30. The maximum Gasteiger partial charge on any atom is 0.227 e. The molecule has 59 heavy (non-hydrogen) atoms. The van der Waals surface area contributed by atoms with Gasteiger partial charge in [-0.25, -0.2) is 4.98 Å². The molecule has 2 unspecified atom stereocenters. The number of piperidine rings is 1. The minimum absolute atomic E-state index is 0.326. The van der Waals surface area contributed by atoms with Crippen LogP contribution in [0.5, 0.6) is 0 Å². The van der Waals surface area contributed by atoms with Gasteiger partial charge in [-0.3, -0.25) is 9.58 Å². The molecule has 11 nitrogen and oxygen atoms in total. The zero-order valence-corrected chi connectivity index (χ0v) is 36.5. The number of nitrogens with one attached hydrogen (secondary N) is 3. The van der Waals surface area contributed by atoms with Crippen molar-refractivity contribution in [3.63, 3.8) is 0 Å². The Bertz CT molecular complexity index is 2230. The number of aryl methyl sites for hydroxylation is 1. The largest absolute Gasteiger partial charge is 0.392 e. The second-order valence-electron chi connectivity index (χ2n) is 16.6. The molecule has 0 radical (unpaired) electrons. The van der Waals surface area contributed by atoms with E-state index in [1.165, 1.54) is 40.7 Å². The first-order valence-corrected chi connectivity index (χ1v) is 21.5. The average Bonchev–Trinajstić information content (AvgIpc) is 3.58. The van der Waals surface area contributed by atoms with Crippen molar-refractivity contribution in [2.24, 2.45) is 13.0 Å². The van der Waals surface area contributed by atoms with E-state index >= 15 is 0 Å². The molecule has 2 aromatic heterocycles. The van der Waals surface area contributed by atoms with E-state index in [0.717, 1.165) is 99.0 Å². The van der Waals surface area contributed by atoms with E-state index in [2.05, 4.69) is 142 Å². The lowest BCUT2D eigenvalue weighted by molar-refractivity contribution is 0.149. The molecule has 0 spiro atoms. The number of rotatable bonds is 16. The van der Waals surface area contributed by atoms with Crippen LogP contribution in [0.3, 0.4) is 0 Å². The number of fused-ring (bicyclic) bond motifs is 2. The van der Waals surface area contributed by atoms with Crippen LogP contribution in [-0.4, -0.2) is 84.1 Å². The highest BCUT2D eigenvalue weighted by molar-refractivity contribution is 6.32. The van der Waals surface area contributed by atoms with Gasteiger partial charge in [0.15, 0.2) is 5.82 Å². The number of para-hydroxylation sites is 1. The van der Waals surface area contributed by atoms with E-state index < -0.39 is 0 Å². The van der Waals surface area contributed by atoms with Gasteiger partial charge >= 0.3 is 0 Å². The molecule has 5 heterocycles. The van der Waals surface area contributed by atoms with Crippen molar-refractivity contribution < 1.29 is 0 Å². The van der Waals surface area contributed by atoms with Gasteiger partial charge in [0, 0.05) is 112 Å². The Balaban J connectivity index is 0.942. The van der Waals surface area contributed by atoms with E-state index in [0.29, 0.717) is 34.7 Å². The summed E-state index contributed by atoms with van der Waals surface area (Å²) in [6.07, 6.45) is 11.6. The number of nitrogens with zero attached hydrogens (tertiary/aromatic N) is 8. The zero-order valence-electron chi connectivity index (χ0n) is 35.7. The van der Waals surface area contributed by atoms with Gasteiger partial charge in [0.25, 0.3) is 0 Å². The quantitative estimate of drug-likeness (QED) is 0.102. The second kappa shape index (κ2) is 18.3. The Hall–Kier alpha value is -5.26. The first kappa shape index (κ1) is 41.9. The Labute approximate surface area is 356 Å². The van der Waals surface area contributed by atoms with Crippen LogP contribution in [-0.2, 0) is 7.05 Å². The van der Waals surface area contributed by atoms with Crippen LogP contribution in [0, 0.1) is 5.92 Å². The molecule has 12 heteroatoms. The number of benzene rings is 2. The van der Waals surface area contributed by atoms with E-state index in [9.17, 15) is 0 Å². The molecule has 2 fully saturated rings. The maximum atomic E-state index is 6.69. The van der Waals surface area contributed by atoms with Gasteiger partial charge in [-0.2, -0.15) is 10.1 Å². The highest BCUT2D eigenvalue weighted by atomic mass is 35.5. The number of aromatic nitrogens is 4. The standard InChI is InChI=1S/C47H62ClN11/c1-10-50-33(4)15-14-31(2)44-40-12-11-13-43(45(40)56(9)54-44)57-22-20-36(21-23-57)30-58-24-25-59(29-34(58)5)47-51-28-41(48)46(53-47)52-39-18-19-42-38(27-39)26-37(35(6)55(42)8)17-16-32(3)49-7/h10-13,18-19,26-28,31,34,36,49-50H,1,3-4,6,14-17,20-25,29-30H2,2,5,7-9H3,(H,51,52,53). The van der Waals surface area contributed by atoms with Gasteiger partial charge < -0.3 is 30.7 Å². The van der Waals surface area contributed by atoms with Crippen molar-refractivity contribution in [1.82, 2.24) is 35.3 Å². The lowest BCUT2D eigenvalue weighted by atomic mass is 9.94. The van der Waals surface area contributed by atoms with Crippen molar-refractivity contribution in [3.8, 4) is 0 Å². The second-order valence-corrected chi connectivity index (χ2v) is 17.0. The predicted molar refractivity (Wildman–Crippen MR) is 249 cm³/mol. The Morgan fingerprint density at radius 3 is 2.56 bits per heavy atom. The SMILES string of the molecule is C=CNC(=C)CCC(C)c1nn(C)c2c(N3CCC(CN4CCN(c5ncc(Cl)c(Nc6ccc7c(c6)C=C(CCC(=C)NC)C(=C)N7C)n5)CC4C)CC3)cccc12. The van der Waals surface area contributed by atoms with E-state index in [1.54, 1.807) is 12.4 Å². The lowest BCUT2D eigenvalue weighted by Crippen LogP contribution is -2.54. The van der Waals surface area contributed by atoms with Crippen LogP contribution in [0.25, 0.3) is 17.0 Å². The van der Waals surface area contributed by atoms with Gasteiger partial charge in [-0.15, -0.1) is 0 Å². The summed E-state index contributed by atoms with van der Waals surface area (Å²) >= 11 is 6.69. The highest BCUT2D eigenvalue weighted by Crippen LogP contribution is 2.39. The Morgan fingerprint density at radius 2 is 1.81 bits per heavy atom. The summed E-state index contributed by atoms with van der Waals surface area (Å²) in [5, 5.41) is 16.6. The van der Waals surface area contributed by atoms with Crippen LogP contribution < -0.4 is 30.7 Å². The van der Waals surface area contributed by atoms with Crippen LogP contribution in [0.1, 0.15) is 69.5 Å². The van der Waals surface area contributed by atoms with Crippen molar-refractivity contribution in [2.45, 2.75) is 64.3 Å². The van der Waals surface area contributed by atoms with E-state index in [4.69, 9.17) is 21.7 Å². The normalized spacial score (nSPS) is 18.1. The molecule has 0 amide bonds. The summed E-state index contributed by atoms with van der Waals surface area (Å²) in [6, 6.07) is 13.4. The van der Waals surface area contributed by atoms with Gasteiger partial charge in [-0.1, -0.05) is 57.0 Å². The fraction of sp³-hybridized carbons (Fsp3) is 0.426. The Morgan fingerprint density at radius 1 is 1.02 bits per heavy atom. The fourth-order valence-electron chi connectivity index (χ4n) is 8.89. The first-order valence-electron chi connectivity index (χ1n) is 21.1. The Kier molecular flexibility index (Phi) is 13.0. The number of likely N-dealkylation sites (N-methyl/N-ethyl adjacent to an activating group) is 1. The number of hydrogen-bond donors (Lipinski definition) is 3. The summed E-state index contributed by atoms with van der Waals surface area (Å²) in [4.78, 5) is 19.3. The fourth-order valence-corrected chi connectivity index (χ4v) is 9.03. The molecular formula is C47H62ClN11. The number of halogens is 1. The number of hydrogen-bond acceptors (Lipinski definition) is 10. The van der Waals surface area contributed by atoms with Crippen LogP contribution in [0.15, 0.2) is 97.8 Å². The maximum absolute atomic E-state index is 6.69. The van der Waals surface area contributed by atoms with Gasteiger partial charge in [0.1, 0.15) is 5.02 Å². The number of allylic oxidation sites excluding steroid dienone is 3. The molecule has 2 aromatic carbocycles. The van der Waals surface area contributed by atoms with Crippen LogP contribution in [0.4, 0.5) is 28.8 Å². The van der Waals surface area contributed by atoms with Crippen LogP contribution in [0.2, 0.25) is 5.02 Å². The monoisotopic (exact) mass is 815 g/mol. The average molecular weight is 817 g/mol. The molecule has 0 saturated carbocycles. The minimum atomic E-state index is 0.326. The third-order valence-electron chi connectivity index (χ3n) is 12.6. The molecule has 312 valence electrons. The highest BCUT2D eigenvalue weighted by Gasteiger charge is 2.30. The van der Waals surface area contributed by atoms with Gasteiger partial charge in [-0.05, 0) is 93.5 Å². The molecule has 3 aliphatic rings. The zero-order chi connectivity index (χ0) is 41.8. The molecule has 3 N–H and O–H groups in total. The molecule has 2 atom stereocenters. The third kappa shape index (κ3) is 9.31. The van der Waals surface area contributed by atoms with Crippen molar-refractivity contribution in [3.05, 3.63) is 114 Å². The van der Waals surface area contributed by atoms with Gasteiger partial charge in [0.05, 0.1) is 23.1 Å². The van der Waals surface area contributed by atoms with Crippen molar-refractivity contribution >= 4 is 57.4 Å². The van der Waals surface area contributed by atoms with Gasteiger partial charge in [0.2, 0.25) is 5.95 Å². The predicted octanol–water partition coefficient (Wildman–Crippen LogP) is 9.18. The smallest absolute Gasteiger partial charge is 0.227 e. The summed E-state index contributed by atoms with van der Waals surface area (Å²) in [5.41, 5.74) is 11.1. The number of piperazine rings is 1. The first-order chi connectivity index (χ1) is 28.4. The molecule has 2 saturated heterocycles. The van der Waals surface area contributed by atoms with Crippen molar-refractivity contribution in [1.29, 1.82) is 0 Å². The molecule has 3 aliphatic heterocycles. The minimum Gasteiger partial charge on any atom is -0.392 e. The molecular weight excluding hydrogens is 754 g/mol. The van der Waals surface area contributed by atoms with E-state index in [1.807, 2.05) is 7.05 Å². The summed E-state index contributed by atoms with van der Waals surface area (Å²) in [6.45, 7) is 26.8. The topological polar surface area (TPSA) is 92.7 Å². The molecule has 0 bridgehead atoms. The lowest BCUT2D eigenvalue weighted by Gasteiger charge is -2.43. The molecule has 4 aromatic rings. The molecule has 0 aliphatic carbocycles. The third-order valence-corrected chi connectivity index (χ3v) is 12.8.